The van der Waals surface area contributed by atoms with Crippen LogP contribution in [0.3, 0.4) is 0 Å². The van der Waals surface area contributed by atoms with Crippen molar-refractivity contribution in [1.29, 1.82) is 0 Å². The molecule has 0 spiro atoms. The highest BCUT2D eigenvalue weighted by molar-refractivity contribution is 5.84. The molecule has 14 heavy (non-hydrogen) atoms. The predicted octanol–water partition coefficient (Wildman–Crippen LogP) is -0.0323. The molecule has 2 N–H and O–H groups in total. The summed E-state index contributed by atoms with van der Waals surface area (Å²) in [5.41, 5.74) is 0. The first-order valence-electron chi connectivity index (χ1n) is 5.29. The Balaban J connectivity index is 2.41. The lowest BCUT2D eigenvalue weighted by Crippen LogP contribution is -2.40. The van der Waals surface area contributed by atoms with E-state index in [0.717, 1.165) is 25.8 Å². The molecule has 1 rings (SSSR count). The molecule has 0 aliphatic carbocycles. The molecule has 2 unspecified atom stereocenters. The van der Waals surface area contributed by atoms with Crippen molar-refractivity contribution in [3.05, 3.63) is 0 Å². The van der Waals surface area contributed by atoms with E-state index in [1.807, 2.05) is 18.9 Å². The van der Waals surface area contributed by atoms with Gasteiger partial charge in [0.2, 0.25) is 5.91 Å². The fourth-order valence-corrected chi connectivity index (χ4v) is 1.95. The van der Waals surface area contributed by atoms with Gasteiger partial charge in [0.05, 0.1) is 6.04 Å². The zero-order valence-corrected chi connectivity index (χ0v) is 8.99. The Hall–Kier alpha value is -0.610. The van der Waals surface area contributed by atoms with Gasteiger partial charge >= 0.3 is 0 Å². The molecule has 1 fully saturated rings. The Morgan fingerprint density at radius 1 is 1.71 bits per heavy atom. The number of carbonyl (C=O) groups excluding carboxylic acids is 1. The van der Waals surface area contributed by atoms with Crippen LogP contribution in [-0.4, -0.2) is 48.2 Å². The molecule has 0 saturated carbocycles. The first kappa shape index (κ1) is 11.5. The normalized spacial score (nSPS) is 24.4. The van der Waals surface area contributed by atoms with Crippen molar-refractivity contribution in [1.82, 2.24) is 10.2 Å². The Bertz CT molecular complexity index is 197. The molecule has 0 bridgehead atoms. The summed E-state index contributed by atoms with van der Waals surface area (Å²) in [6.07, 6.45) is 2.56. The van der Waals surface area contributed by atoms with Gasteiger partial charge in [-0.25, -0.2) is 0 Å². The molecular formula is C10H20N2O2. The number of aliphatic hydroxyl groups excluding tert-OH is 1. The number of hydrogen-bond acceptors (Lipinski definition) is 3. The second-order valence-electron chi connectivity index (χ2n) is 3.88. The number of likely N-dealkylation sites (N-methyl/N-ethyl adjacent to an activating group) is 1. The average molecular weight is 200 g/mol. The molecule has 1 heterocycles. The van der Waals surface area contributed by atoms with Crippen LogP contribution >= 0.6 is 0 Å². The lowest BCUT2D eigenvalue weighted by molar-refractivity contribution is -0.131. The quantitative estimate of drug-likeness (QED) is 0.655. The fourth-order valence-electron chi connectivity index (χ4n) is 1.95. The van der Waals surface area contributed by atoms with Gasteiger partial charge < -0.3 is 15.3 Å². The summed E-state index contributed by atoms with van der Waals surface area (Å²) in [6, 6.07) is 0.263. The molecule has 1 aliphatic heterocycles. The number of nitrogens with one attached hydrogen (secondary N) is 1. The Labute approximate surface area is 85.3 Å². The molecule has 1 amide bonds. The van der Waals surface area contributed by atoms with Crippen molar-refractivity contribution in [2.75, 3.05) is 20.2 Å². The second-order valence-corrected chi connectivity index (χ2v) is 3.88. The van der Waals surface area contributed by atoms with Gasteiger partial charge in [-0.3, -0.25) is 4.79 Å². The maximum absolute atomic E-state index is 11.7. The first-order chi connectivity index (χ1) is 6.70. The van der Waals surface area contributed by atoms with E-state index in [-0.39, 0.29) is 24.6 Å². The number of aliphatic hydroxyl groups is 1. The third kappa shape index (κ3) is 2.45. The summed E-state index contributed by atoms with van der Waals surface area (Å²) < 4.78 is 0. The van der Waals surface area contributed by atoms with E-state index < -0.39 is 0 Å². The van der Waals surface area contributed by atoms with Gasteiger partial charge in [-0.05, 0) is 33.2 Å². The molecule has 82 valence electrons. The molecule has 0 aromatic carbocycles. The van der Waals surface area contributed by atoms with Crippen LogP contribution in [0.25, 0.3) is 0 Å². The highest BCUT2D eigenvalue weighted by atomic mass is 16.3. The van der Waals surface area contributed by atoms with E-state index in [9.17, 15) is 4.79 Å². The van der Waals surface area contributed by atoms with E-state index in [4.69, 9.17) is 5.11 Å². The van der Waals surface area contributed by atoms with Crippen LogP contribution in [0, 0.1) is 0 Å². The van der Waals surface area contributed by atoms with E-state index >= 15 is 0 Å². The van der Waals surface area contributed by atoms with E-state index in [1.165, 1.54) is 0 Å². The lowest BCUT2D eigenvalue weighted by Gasteiger charge is -2.24. The topological polar surface area (TPSA) is 52.6 Å². The number of likely N-dealkylation sites (tertiary alicyclic amines) is 1. The summed E-state index contributed by atoms with van der Waals surface area (Å²) in [7, 11) is 1.82. The third-order valence-corrected chi connectivity index (χ3v) is 2.90. The number of carbonyl (C=O) groups is 1. The molecule has 1 saturated heterocycles. The largest absolute Gasteiger partial charge is 0.396 e. The molecule has 0 radical (unpaired) electrons. The first-order valence-corrected chi connectivity index (χ1v) is 5.29. The number of amides is 1. The van der Waals surface area contributed by atoms with Crippen LogP contribution in [-0.2, 0) is 4.79 Å². The average Bonchev–Trinajstić information content (AvgIpc) is 2.56. The van der Waals surface area contributed by atoms with Crippen molar-refractivity contribution in [3.63, 3.8) is 0 Å². The van der Waals surface area contributed by atoms with E-state index in [2.05, 4.69) is 5.32 Å². The summed E-state index contributed by atoms with van der Waals surface area (Å²) in [6.45, 7) is 3.10. The summed E-state index contributed by atoms with van der Waals surface area (Å²) >= 11 is 0. The van der Waals surface area contributed by atoms with Gasteiger partial charge in [-0.1, -0.05) is 0 Å². The zero-order valence-electron chi connectivity index (χ0n) is 8.99. The van der Waals surface area contributed by atoms with Crippen LogP contribution in [0.2, 0.25) is 0 Å². The van der Waals surface area contributed by atoms with Gasteiger partial charge in [0.25, 0.3) is 0 Å². The minimum Gasteiger partial charge on any atom is -0.396 e. The smallest absolute Gasteiger partial charge is 0.240 e. The number of nitrogens with zero attached hydrogens (tertiary/aromatic N) is 1. The molecular weight excluding hydrogens is 180 g/mol. The predicted molar refractivity (Wildman–Crippen MR) is 55.0 cm³/mol. The standard InChI is InChI=1S/C10H20N2O2/c1-8(4-3-7-13)12-6-5-9(11-2)10(12)14/h8-9,11,13H,3-7H2,1-2H3. The van der Waals surface area contributed by atoms with Gasteiger partial charge in [0, 0.05) is 19.2 Å². The Morgan fingerprint density at radius 3 is 2.93 bits per heavy atom. The van der Waals surface area contributed by atoms with Crippen molar-refractivity contribution >= 4 is 5.91 Å². The van der Waals surface area contributed by atoms with Crippen LogP contribution in [0.5, 0.6) is 0 Å². The molecule has 0 aromatic rings. The molecule has 2 atom stereocenters. The number of rotatable bonds is 5. The third-order valence-electron chi connectivity index (χ3n) is 2.90. The van der Waals surface area contributed by atoms with Crippen molar-refractivity contribution in [2.45, 2.75) is 38.3 Å². The molecule has 4 heteroatoms. The molecule has 0 aromatic heterocycles. The van der Waals surface area contributed by atoms with Crippen molar-refractivity contribution < 1.29 is 9.90 Å². The van der Waals surface area contributed by atoms with Gasteiger partial charge in [0.1, 0.15) is 0 Å². The molecule has 1 aliphatic rings. The van der Waals surface area contributed by atoms with E-state index in [1.54, 1.807) is 0 Å². The second kappa shape index (κ2) is 5.32. The van der Waals surface area contributed by atoms with Gasteiger partial charge in [-0.2, -0.15) is 0 Å². The van der Waals surface area contributed by atoms with Crippen LogP contribution < -0.4 is 5.32 Å². The SMILES string of the molecule is CNC1CCN(C(C)CCCO)C1=O. The van der Waals surface area contributed by atoms with E-state index in [0.29, 0.717) is 0 Å². The Morgan fingerprint density at radius 2 is 2.43 bits per heavy atom. The Kier molecular flexibility index (Phi) is 4.35. The van der Waals surface area contributed by atoms with Crippen LogP contribution in [0.4, 0.5) is 0 Å². The monoisotopic (exact) mass is 200 g/mol. The van der Waals surface area contributed by atoms with Crippen LogP contribution in [0.15, 0.2) is 0 Å². The fraction of sp³-hybridized carbons (Fsp3) is 0.900. The summed E-state index contributed by atoms with van der Waals surface area (Å²) in [5.74, 6) is 0.206. The molecule has 4 nitrogen and oxygen atoms in total. The minimum absolute atomic E-state index is 0.00609. The van der Waals surface area contributed by atoms with Gasteiger partial charge in [-0.15, -0.1) is 0 Å². The maximum Gasteiger partial charge on any atom is 0.240 e. The number of hydrogen-bond donors (Lipinski definition) is 2. The van der Waals surface area contributed by atoms with Crippen LogP contribution in [0.1, 0.15) is 26.2 Å². The van der Waals surface area contributed by atoms with Crippen molar-refractivity contribution in [2.24, 2.45) is 0 Å². The highest BCUT2D eigenvalue weighted by Crippen LogP contribution is 2.16. The van der Waals surface area contributed by atoms with Gasteiger partial charge in [0.15, 0.2) is 0 Å². The highest BCUT2D eigenvalue weighted by Gasteiger charge is 2.32. The van der Waals surface area contributed by atoms with Crippen molar-refractivity contribution in [3.8, 4) is 0 Å². The lowest BCUT2D eigenvalue weighted by atomic mass is 10.1. The zero-order chi connectivity index (χ0) is 10.6. The minimum atomic E-state index is 0.00609. The summed E-state index contributed by atoms with van der Waals surface area (Å²) in [5, 5.41) is 11.7. The maximum atomic E-state index is 11.7. The summed E-state index contributed by atoms with van der Waals surface area (Å²) in [4.78, 5) is 13.7.